The van der Waals surface area contributed by atoms with E-state index in [4.69, 9.17) is 5.73 Å². The number of amides is 1. The topological polar surface area (TPSA) is 89.9 Å². The summed E-state index contributed by atoms with van der Waals surface area (Å²) >= 11 is 0. The number of hydrogen-bond donors (Lipinski definition) is 1. The van der Waals surface area contributed by atoms with Crippen LogP contribution in [0.4, 0.5) is 0 Å². The summed E-state index contributed by atoms with van der Waals surface area (Å²) in [4.78, 5) is 19.4. The fraction of sp³-hybridized carbons (Fsp3) is 0.400. The van der Waals surface area contributed by atoms with E-state index in [1.807, 2.05) is 49.1 Å². The van der Waals surface area contributed by atoms with Crippen LogP contribution in [0.2, 0.25) is 0 Å². The number of fused-ring (bicyclic) bond motifs is 1. The number of aromatic nitrogens is 4. The van der Waals surface area contributed by atoms with Gasteiger partial charge in [-0.2, -0.15) is 0 Å². The number of piperidine rings is 1. The van der Waals surface area contributed by atoms with Crippen molar-refractivity contribution in [3.05, 3.63) is 47.9 Å². The van der Waals surface area contributed by atoms with Gasteiger partial charge in [-0.05, 0) is 57.4 Å². The molecule has 2 N–H and O–H groups in total. The summed E-state index contributed by atoms with van der Waals surface area (Å²) in [6.07, 6.45) is 4.81. The SMILES string of the molecule is Cc1c(C(=O)N2CCCCC2C(C)N)nnn1-c1ccc2ncccc2c1. The Labute approximate surface area is 158 Å². The highest BCUT2D eigenvalue weighted by Gasteiger charge is 2.32. The quantitative estimate of drug-likeness (QED) is 0.771. The lowest BCUT2D eigenvalue weighted by Gasteiger charge is -2.37. The molecule has 1 aromatic carbocycles. The molecule has 1 saturated heterocycles. The van der Waals surface area contributed by atoms with Gasteiger partial charge in [0.25, 0.3) is 5.91 Å². The van der Waals surface area contributed by atoms with Crippen molar-refractivity contribution in [3.63, 3.8) is 0 Å². The highest BCUT2D eigenvalue weighted by molar-refractivity contribution is 5.93. The minimum absolute atomic E-state index is 0.0578. The Kier molecular flexibility index (Phi) is 4.61. The third-order valence-corrected chi connectivity index (χ3v) is 5.35. The average Bonchev–Trinajstić information content (AvgIpc) is 3.08. The van der Waals surface area contributed by atoms with E-state index in [2.05, 4.69) is 15.3 Å². The molecule has 140 valence electrons. The van der Waals surface area contributed by atoms with Crippen LogP contribution in [0.25, 0.3) is 16.6 Å². The number of pyridine rings is 1. The van der Waals surface area contributed by atoms with Gasteiger partial charge in [0.15, 0.2) is 5.69 Å². The molecule has 3 heterocycles. The molecule has 3 aromatic rings. The molecule has 7 heteroatoms. The fourth-order valence-corrected chi connectivity index (χ4v) is 3.86. The van der Waals surface area contributed by atoms with E-state index in [1.54, 1.807) is 10.9 Å². The highest BCUT2D eigenvalue weighted by Crippen LogP contribution is 2.23. The number of carbonyl (C=O) groups is 1. The maximum atomic E-state index is 13.1. The third-order valence-electron chi connectivity index (χ3n) is 5.35. The Morgan fingerprint density at radius 1 is 1.30 bits per heavy atom. The third kappa shape index (κ3) is 3.19. The molecule has 1 aliphatic rings. The van der Waals surface area contributed by atoms with Crippen LogP contribution in [0.3, 0.4) is 0 Å². The van der Waals surface area contributed by atoms with E-state index in [-0.39, 0.29) is 18.0 Å². The maximum absolute atomic E-state index is 13.1. The van der Waals surface area contributed by atoms with Crippen molar-refractivity contribution in [1.29, 1.82) is 0 Å². The first-order chi connectivity index (χ1) is 13.1. The van der Waals surface area contributed by atoms with Gasteiger partial charge in [0.1, 0.15) is 0 Å². The van der Waals surface area contributed by atoms with Crippen molar-refractivity contribution in [2.24, 2.45) is 5.73 Å². The van der Waals surface area contributed by atoms with Gasteiger partial charge in [0, 0.05) is 30.2 Å². The molecule has 1 amide bonds. The standard InChI is InChI=1S/C20H24N6O/c1-13(21)18-7-3-4-11-25(18)20(27)19-14(2)26(24-23-19)16-8-9-17-15(12-16)6-5-10-22-17/h5-6,8-10,12-13,18H,3-4,7,11,21H2,1-2H3. The van der Waals surface area contributed by atoms with Crippen LogP contribution >= 0.6 is 0 Å². The second-order valence-corrected chi connectivity index (χ2v) is 7.24. The normalized spacial score (nSPS) is 18.6. The Bertz CT molecular complexity index is 980. The van der Waals surface area contributed by atoms with Crippen LogP contribution in [-0.2, 0) is 0 Å². The van der Waals surface area contributed by atoms with Gasteiger partial charge in [0.05, 0.1) is 16.9 Å². The smallest absolute Gasteiger partial charge is 0.276 e. The lowest BCUT2D eigenvalue weighted by molar-refractivity contribution is 0.0577. The van der Waals surface area contributed by atoms with Crippen molar-refractivity contribution in [1.82, 2.24) is 24.9 Å². The molecular weight excluding hydrogens is 340 g/mol. The molecule has 4 rings (SSSR count). The van der Waals surface area contributed by atoms with Crippen molar-refractivity contribution < 1.29 is 4.79 Å². The summed E-state index contributed by atoms with van der Waals surface area (Å²) in [7, 11) is 0. The average molecular weight is 364 g/mol. The summed E-state index contributed by atoms with van der Waals surface area (Å²) in [6, 6.07) is 9.80. The zero-order valence-corrected chi connectivity index (χ0v) is 15.7. The van der Waals surface area contributed by atoms with Gasteiger partial charge in [-0.25, -0.2) is 4.68 Å². The summed E-state index contributed by atoms with van der Waals surface area (Å²) in [5.74, 6) is -0.0804. The largest absolute Gasteiger partial charge is 0.333 e. The van der Waals surface area contributed by atoms with Gasteiger partial charge in [-0.15, -0.1) is 5.10 Å². The lowest BCUT2D eigenvalue weighted by atomic mass is 9.96. The predicted molar refractivity (Wildman–Crippen MR) is 104 cm³/mol. The zero-order valence-electron chi connectivity index (χ0n) is 15.7. The number of nitrogens with zero attached hydrogens (tertiary/aromatic N) is 5. The Morgan fingerprint density at radius 3 is 2.96 bits per heavy atom. The molecule has 0 spiro atoms. The molecular formula is C20H24N6O. The van der Waals surface area contributed by atoms with Gasteiger partial charge >= 0.3 is 0 Å². The summed E-state index contributed by atoms with van der Waals surface area (Å²) < 4.78 is 1.71. The van der Waals surface area contributed by atoms with E-state index in [0.717, 1.165) is 48.1 Å². The molecule has 1 aliphatic heterocycles. The molecule has 2 unspecified atom stereocenters. The van der Waals surface area contributed by atoms with E-state index in [1.165, 1.54) is 0 Å². The summed E-state index contributed by atoms with van der Waals surface area (Å²) in [5.41, 5.74) is 9.03. The molecule has 27 heavy (non-hydrogen) atoms. The van der Waals surface area contributed by atoms with E-state index in [9.17, 15) is 4.79 Å². The van der Waals surface area contributed by atoms with Crippen molar-refractivity contribution in [3.8, 4) is 5.69 Å². The number of hydrogen-bond acceptors (Lipinski definition) is 5. The zero-order chi connectivity index (χ0) is 19.0. The first-order valence-electron chi connectivity index (χ1n) is 9.40. The van der Waals surface area contributed by atoms with Gasteiger partial charge < -0.3 is 10.6 Å². The Hall–Kier alpha value is -2.80. The molecule has 2 atom stereocenters. The molecule has 1 fully saturated rings. The molecule has 7 nitrogen and oxygen atoms in total. The first kappa shape index (κ1) is 17.6. The Balaban J connectivity index is 1.67. The first-order valence-corrected chi connectivity index (χ1v) is 9.40. The fourth-order valence-electron chi connectivity index (χ4n) is 3.86. The van der Waals surface area contributed by atoms with Crippen LogP contribution < -0.4 is 5.73 Å². The second-order valence-electron chi connectivity index (χ2n) is 7.24. The lowest BCUT2D eigenvalue weighted by Crippen LogP contribution is -2.51. The number of likely N-dealkylation sites (tertiary alicyclic amines) is 1. The van der Waals surface area contributed by atoms with Crippen LogP contribution in [0.15, 0.2) is 36.5 Å². The highest BCUT2D eigenvalue weighted by atomic mass is 16.2. The molecule has 0 aliphatic carbocycles. The van der Waals surface area contributed by atoms with Crippen molar-refractivity contribution in [2.75, 3.05) is 6.54 Å². The predicted octanol–water partition coefficient (Wildman–Crippen LogP) is 2.47. The molecule has 0 radical (unpaired) electrons. The molecule has 2 aromatic heterocycles. The number of benzene rings is 1. The van der Waals surface area contributed by atoms with Gasteiger partial charge in [0.2, 0.25) is 0 Å². The van der Waals surface area contributed by atoms with Crippen LogP contribution in [-0.4, -0.2) is 49.4 Å². The van der Waals surface area contributed by atoms with Crippen LogP contribution in [0.1, 0.15) is 42.4 Å². The minimum Gasteiger partial charge on any atom is -0.333 e. The summed E-state index contributed by atoms with van der Waals surface area (Å²) in [6.45, 7) is 4.56. The van der Waals surface area contributed by atoms with Gasteiger partial charge in [-0.3, -0.25) is 9.78 Å². The summed E-state index contributed by atoms with van der Waals surface area (Å²) in [5, 5.41) is 9.47. The second kappa shape index (κ2) is 7.08. The Morgan fingerprint density at radius 2 is 2.15 bits per heavy atom. The van der Waals surface area contributed by atoms with Crippen molar-refractivity contribution in [2.45, 2.75) is 45.2 Å². The van der Waals surface area contributed by atoms with E-state index in [0.29, 0.717) is 5.69 Å². The van der Waals surface area contributed by atoms with Crippen molar-refractivity contribution >= 4 is 16.8 Å². The van der Waals surface area contributed by atoms with E-state index >= 15 is 0 Å². The monoisotopic (exact) mass is 364 g/mol. The van der Waals surface area contributed by atoms with E-state index < -0.39 is 0 Å². The number of carbonyl (C=O) groups excluding carboxylic acids is 1. The number of nitrogens with two attached hydrogens (primary N) is 1. The molecule has 0 bridgehead atoms. The van der Waals surface area contributed by atoms with Gasteiger partial charge in [-0.1, -0.05) is 11.3 Å². The minimum atomic E-state index is -0.0804. The van der Waals surface area contributed by atoms with Crippen LogP contribution in [0, 0.1) is 6.92 Å². The number of rotatable bonds is 3. The molecule has 0 saturated carbocycles. The maximum Gasteiger partial charge on any atom is 0.276 e. The van der Waals surface area contributed by atoms with Crippen LogP contribution in [0.5, 0.6) is 0 Å².